The van der Waals surface area contributed by atoms with Crippen molar-refractivity contribution >= 4 is 17.3 Å². The molecule has 4 rings (SSSR count). The van der Waals surface area contributed by atoms with E-state index in [0.717, 1.165) is 31.3 Å². The number of aryl methyl sites for hydroxylation is 2. The van der Waals surface area contributed by atoms with Crippen LogP contribution in [0.2, 0.25) is 0 Å². The van der Waals surface area contributed by atoms with Gasteiger partial charge in [-0.1, -0.05) is 0 Å². The van der Waals surface area contributed by atoms with Gasteiger partial charge in [0.25, 0.3) is 0 Å². The summed E-state index contributed by atoms with van der Waals surface area (Å²) in [5, 5.41) is 7.45. The molecule has 1 aliphatic carbocycles. The van der Waals surface area contributed by atoms with Gasteiger partial charge in [0.15, 0.2) is 5.82 Å². The number of hydrogen-bond acceptors (Lipinski definition) is 5. The molecule has 2 aliphatic rings. The van der Waals surface area contributed by atoms with Crippen molar-refractivity contribution < 1.29 is 0 Å². The number of H-pyrrole nitrogens is 1. The Morgan fingerprint density at radius 1 is 1.35 bits per heavy atom. The third-order valence-electron chi connectivity index (χ3n) is 4.21. The van der Waals surface area contributed by atoms with Crippen LogP contribution < -0.4 is 10.6 Å². The number of aromatic amines is 1. The summed E-state index contributed by atoms with van der Waals surface area (Å²) in [6.45, 7) is 1.82. The van der Waals surface area contributed by atoms with Gasteiger partial charge in [-0.05, 0) is 43.7 Å². The monoisotopic (exact) mass is 289 g/mol. The van der Waals surface area contributed by atoms with Crippen LogP contribution in [0.4, 0.5) is 5.95 Å². The summed E-state index contributed by atoms with van der Waals surface area (Å²) < 4.78 is 0. The SMILES string of the molecule is NC1CCN(c2n[nH]c(-c3cc4c(s3)CCCC4)n2)C1. The van der Waals surface area contributed by atoms with E-state index in [2.05, 4.69) is 26.1 Å². The number of rotatable bonds is 2. The van der Waals surface area contributed by atoms with Crippen LogP contribution in [-0.4, -0.2) is 34.3 Å². The average Bonchev–Trinajstić information content (AvgIpc) is 3.16. The first-order chi connectivity index (χ1) is 9.79. The molecular formula is C14H19N5S. The number of hydrogen-bond donors (Lipinski definition) is 2. The lowest BCUT2D eigenvalue weighted by molar-refractivity contribution is 0.697. The van der Waals surface area contributed by atoms with Gasteiger partial charge < -0.3 is 10.6 Å². The van der Waals surface area contributed by atoms with E-state index in [1.165, 1.54) is 41.0 Å². The van der Waals surface area contributed by atoms with E-state index >= 15 is 0 Å². The molecule has 1 aliphatic heterocycles. The molecule has 1 fully saturated rings. The van der Waals surface area contributed by atoms with E-state index in [1.807, 2.05) is 11.3 Å². The van der Waals surface area contributed by atoms with Gasteiger partial charge in [0, 0.05) is 24.0 Å². The maximum Gasteiger partial charge on any atom is 0.245 e. The van der Waals surface area contributed by atoms with Crippen LogP contribution in [0.5, 0.6) is 0 Å². The van der Waals surface area contributed by atoms with E-state index in [0.29, 0.717) is 0 Å². The van der Waals surface area contributed by atoms with Crippen molar-refractivity contribution in [2.75, 3.05) is 18.0 Å². The Balaban J connectivity index is 1.60. The van der Waals surface area contributed by atoms with E-state index in [4.69, 9.17) is 5.73 Å². The highest BCUT2D eigenvalue weighted by atomic mass is 32.1. The van der Waals surface area contributed by atoms with Gasteiger partial charge in [-0.3, -0.25) is 5.10 Å². The summed E-state index contributed by atoms with van der Waals surface area (Å²) in [5.74, 6) is 1.69. The minimum absolute atomic E-state index is 0.256. The van der Waals surface area contributed by atoms with Crippen LogP contribution >= 0.6 is 11.3 Å². The summed E-state index contributed by atoms with van der Waals surface area (Å²) in [4.78, 5) is 9.58. The molecule has 20 heavy (non-hydrogen) atoms. The van der Waals surface area contributed by atoms with Crippen LogP contribution in [0.15, 0.2) is 6.07 Å². The molecule has 2 aromatic heterocycles. The molecule has 3 heterocycles. The Kier molecular flexibility index (Phi) is 3.00. The van der Waals surface area contributed by atoms with E-state index in [-0.39, 0.29) is 6.04 Å². The summed E-state index contributed by atoms with van der Waals surface area (Å²) in [6, 6.07) is 2.55. The average molecular weight is 289 g/mol. The van der Waals surface area contributed by atoms with Gasteiger partial charge in [0.1, 0.15) is 0 Å². The molecule has 0 aromatic carbocycles. The smallest absolute Gasteiger partial charge is 0.245 e. The Labute approximate surface area is 122 Å². The predicted octanol–water partition coefficient (Wildman–Crippen LogP) is 1.95. The molecule has 1 saturated heterocycles. The molecule has 0 amide bonds. The lowest BCUT2D eigenvalue weighted by atomic mass is 9.99. The largest absolute Gasteiger partial charge is 0.338 e. The minimum Gasteiger partial charge on any atom is -0.338 e. The quantitative estimate of drug-likeness (QED) is 0.886. The number of thiophene rings is 1. The van der Waals surface area contributed by atoms with Gasteiger partial charge in [-0.2, -0.15) is 4.98 Å². The molecule has 0 saturated carbocycles. The Bertz CT molecular complexity index is 593. The number of nitrogens with one attached hydrogen (secondary N) is 1. The van der Waals surface area contributed by atoms with Crippen molar-refractivity contribution in [1.82, 2.24) is 15.2 Å². The zero-order chi connectivity index (χ0) is 13.5. The van der Waals surface area contributed by atoms with Crippen LogP contribution in [0.25, 0.3) is 10.7 Å². The zero-order valence-electron chi connectivity index (χ0n) is 11.4. The maximum absolute atomic E-state index is 5.94. The van der Waals surface area contributed by atoms with Crippen molar-refractivity contribution in [2.24, 2.45) is 5.73 Å². The topological polar surface area (TPSA) is 70.8 Å². The maximum atomic E-state index is 5.94. The second-order valence-corrected chi connectivity index (χ2v) is 6.88. The first-order valence-corrected chi connectivity index (χ1v) is 8.16. The fourth-order valence-electron chi connectivity index (χ4n) is 3.08. The van der Waals surface area contributed by atoms with Gasteiger partial charge >= 0.3 is 0 Å². The molecular weight excluding hydrogens is 270 g/mol. The lowest BCUT2D eigenvalue weighted by Crippen LogP contribution is -2.26. The van der Waals surface area contributed by atoms with Gasteiger partial charge in [-0.25, -0.2) is 0 Å². The van der Waals surface area contributed by atoms with Crippen LogP contribution in [0, 0.1) is 0 Å². The van der Waals surface area contributed by atoms with Gasteiger partial charge in [0.2, 0.25) is 5.95 Å². The first-order valence-electron chi connectivity index (χ1n) is 7.34. The molecule has 6 heteroatoms. The first kappa shape index (κ1) is 12.3. The standard InChI is InChI=1S/C14H19N5S/c15-10-5-6-19(8-10)14-16-13(17-18-14)12-7-9-3-1-2-4-11(9)20-12/h7,10H,1-6,8,15H2,(H,16,17,18). The second-order valence-electron chi connectivity index (χ2n) is 5.74. The number of aromatic nitrogens is 3. The molecule has 0 radical (unpaired) electrons. The highest BCUT2D eigenvalue weighted by molar-refractivity contribution is 7.15. The summed E-state index contributed by atoms with van der Waals surface area (Å²) >= 11 is 1.87. The van der Waals surface area contributed by atoms with Crippen molar-refractivity contribution in [3.05, 3.63) is 16.5 Å². The highest BCUT2D eigenvalue weighted by Crippen LogP contribution is 2.34. The van der Waals surface area contributed by atoms with E-state index in [1.54, 1.807) is 0 Å². The number of anilines is 1. The number of fused-ring (bicyclic) bond motifs is 1. The molecule has 3 N–H and O–H groups in total. The molecule has 2 aromatic rings. The van der Waals surface area contributed by atoms with Gasteiger partial charge in [-0.15, -0.1) is 16.4 Å². The van der Waals surface area contributed by atoms with Crippen molar-refractivity contribution in [3.8, 4) is 10.7 Å². The van der Waals surface area contributed by atoms with Crippen LogP contribution in [0.3, 0.4) is 0 Å². The fraction of sp³-hybridized carbons (Fsp3) is 0.571. The van der Waals surface area contributed by atoms with E-state index < -0.39 is 0 Å². The normalized spacial score (nSPS) is 22.2. The highest BCUT2D eigenvalue weighted by Gasteiger charge is 2.23. The number of nitrogens with zero attached hydrogens (tertiary/aromatic N) is 3. The van der Waals surface area contributed by atoms with Crippen molar-refractivity contribution in [3.63, 3.8) is 0 Å². The van der Waals surface area contributed by atoms with Crippen molar-refractivity contribution in [1.29, 1.82) is 0 Å². The fourth-order valence-corrected chi connectivity index (χ4v) is 4.27. The van der Waals surface area contributed by atoms with Gasteiger partial charge in [0.05, 0.1) is 4.88 Å². The number of nitrogens with two attached hydrogens (primary N) is 1. The van der Waals surface area contributed by atoms with Crippen molar-refractivity contribution in [2.45, 2.75) is 38.1 Å². The molecule has 5 nitrogen and oxygen atoms in total. The van der Waals surface area contributed by atoms with Crippen LogP contribution in [0.1, 0.15) is 29.7 Å². The zero-order valence-corrected chi connectivity index (χ0v) is 12.2. The Morgan fingerprint density at radius 2 is 2.25 bits per heavy atom. The predicted molar refractivity (Wildman–Crippen MR) is 81.1 cm³/mol. The third kappa shape index (κ3) is 2.13. The Hall–Kier alpha value is -1.40. The molecule has 1 unspecified atom stereocenters. The van der Waals surface area contributed by atoms with E-state index in [9.17, 15) is 0 Å². The summed E-state index contributed by atoms with van der Waals surface area (Å²) in [7, 11) is 0. The minimum atomic E-state index is 0.256. The van der Waals surface area contributed by atoms with Crippen LogP contribution in [-0.2, 0) is 12.8 Å². The second kappa shape index (κ2) is 4.86. The molecule has 1 atom stereocenters. The Morgan fingerprint density at radius 3 is 3.05 bits per heavy atom. The molecule has 0 spiro atoms. The molecule has 0 bridgehead atoms. The third-order valence-corrected chi connectivity index (χ3v) is 5.45. The lowest BCUT2D eigenvalue weighted by Gasteiger charge is -2.11. The summed E-state index contributed by atoms with van der Waals surface area (Å²) in [6.07, 6.45) is 6.10. The summed E-state index contributed by atoms with van der Waals surface area (Å²) in [5.41, 5.74) is 7.45. The molecule has 106 valence electrons.